The van der Waals surface area contributed by atoms with Gasteiger partial charge in [0.15, 0.2) is 0 Å². The summed E-state index contributed by atoms with van der Waals surface area (Å²) < 4.78 is 18.9. The van der Waals surface area contributed by atoms with Crippen LogP contribution in [0, 0.1) is 5.82 Å². The fourth-order valence-corrected chi connectivity index (χ4v) is 2.27. The number of ether oxygens (including phenoxy) is 1. The number of hydrogen-bond donors (Lipinski definition) is 1. The van der Waals surface area contributed by atoms with E-state index in [2.05, 4.69) is 4.98 Å². The highest BCUT2D eigenvalue weighted by atomic mass is 19.1. The lowest BCUT2D eigenvalue weighted by molar-refractivity contribution is -0.138. The molecule has 1 aromatic heterocycles. The number of halogens is 1. The summed E-state index contributed by atoms with van der Waals surface area (Å²) in [4.78, 5) is 16.5. The first-order valence-electron chi connectivity index (χ1n) is 7.25. The molecule has 0 saturated carbocycles. The monoisotopic (exact) mass is 318 g/mol. The quantitative estimate of drug-likeness (QED) is 0.809. The van der Waals surface area contributed by atoms with Crippen LogP contribution < -0.4 is 4.74 Å². The molecule has 0 bridgehead atoms. The standard InChI is InChI=1S/C17H19FN2O3/c1-23-16-9-14(15(18)10-19-16)11-20(12-17(21)22)8-7-13-5-3-2-4-6-13/h2-6,9-10H,7-8,11-12H2,1H3,(H,21,22). The van der Waals surface area contributed by atoms with E-state index in [4.69, 9.17) is 9.84 Å². The molecule has 0 aliphatic heterocycles. The molecule has 0 unspecified atom stereocenters. The Morgan fingerprint density at radius 3 is 2.74 bits per heavy atom. The topological polar surface area (TPSA) is 62.7 Å². The SMILES string of the molecule is COc1cc(CN(CCc2ccccc2)CC(=O)O)c(F)cn1. The molecule has 0 aliphatic carbocycles. The summed E-state index contributed by atoms with van der Waals surface area (Å²) in [6.45, 7) is 0.543. The summed E-state index contributed by atoms with van der Waals surface area (Å²) in [7, 11) is 1.45. The lowest BCUT2D eigenvalue weighted by atomic mass is 10.1. The first-order valence-corrected chi connectivity index (χ1v) is 7.25. The van der Waals surface area contributed by atoms with E-state index in [1.165, 1.54) is 13.2 Å². The molecule has 0 saturated heterocycles. The number of pyridine rings is 1. The van der Waals surface area contributed by atoms with Gasteiger partial charge >= 0.3 is 5.97 Å². The predicted molar refractivity (Wildman–Crippen MR) is 83.8 cm³/mol. The average Bonchev–Trinajstić information content (AvgIpc) is 2.55. The highest BCUT2D eigenvalue weighted by Gasteiger charge is 2.14. The lowest BCUT2D eigenvalue weighted by Gasteiger charge is -2.20. The van der Waals surface area contributed by atoms with Crippen LogP contribution in [0.5, 0.6) is 5.88 Å². The van der Waals surface area contributed by atoms with E-state index in [0.717, 1.165) is 11.8 Å². The van der Waals surface area contributed by atoms with Crippen LogP contribution >= 0.6 is 0 Å². The van der Waals surface area contributed by atoms with E-state index in [-0.39, 0.29) is 13.1 Å². The Bertz CT molecular complexity index is 650. The van der Waals surface area contributed by atoms with Gasteiger partial charge in [0.2, 0.25) is 5.88 Å². The molecule has 122 valence electrons. The highest BCUT2D eigenvalue weighted by molar-refractivity contribution is 5.69. The van der Waals surface area contributed by atoms with Crippen LogP contribution in [-0.4, -0.2) is 41.2 Å². The maximum atomic E-state index is 13.9. The molecule has 0 aliphatic rings. The molecule has 6 heteroatoms. The zero-order valence-electron chi connectivity index (χ0n) is 12.9. The third-order valence-electron chi connectivity index (χ3n) is 3.43. The van der Waals surface area contributed by atoms with Crippen LogP contribution in [0.2, 0.25) is 0 Å². The van der Waals surface area contributed by atoms with Crippen LogP contribution in [0.3, 0.4) is 0 Å². The average molecular weight is 318 g/mol. The second-order valence-electron chi connectivity index (χ2n) is 5.16. The molecule has 0 spiro atoms. The number of aliphatic carboxylic acids is 1. The van der Waals surface area contributed by atoms with Crippen LogP contribution in [0.1, 0.15) is 11.1 Å². The Hall–Kier alpha value is -2.47. The number of benzene rings is 1. The zero-order valence-corrected chi connectivity index (χ0v) is 12.9. The molecular weight excluding hydrogens is 299 g/mol. The molecule has 5 nitrogen and oxygen atoms in total. The van der Waals surface area contributed by atoms with Crippen LogP contribution in [-0.2, 0) is 17.8 Å². The second kappa shape index (κ2) is 8.24. The molecule has 0 amide bonds. The van der Waals surface area contributed by atoms with Crippen molar-refractivity contribution in [2.24, 2.45) is 0 Å². The van der Waals surface area contributed by atoms with Gasteiger partial charge in [0.05, 0.1) is 19.9 Å². The summed E-state index contributed by atoms with van der Waals surface area (Å²) in [5.74, 6) is -1.11. The van der Waals surface area contributed by atoms with Crippen LogP contribution in [0.15, 0.2) is 42.6 Å². The van der Waals surface area contributed by atoms with E-state index in [9.17, 15) is 9.18 Å². The molecule has 1 aromatic carbocycles. The van der Waals surface area contributed by atoms with E-state index in [1.807, 2.05) is 30.3 Å². The van der Waals surface area contributed by atoms with Gasteiger partial charge in [-0.1, -0.05) is 30.3 Å². The van der Waals surface area contributed by atoms with Crippen molar-refractivity contribution in [2.45, 2.75) is 13.0 Å². The normalized spacial score (nSPS) is 10.7. The van der Waals surface area contributed by atoms with E-state index < -0.39 is 11.8 Å². The largest absolute Gasteiger partial charge is 0.481 e. The second-order valence-corrected chi connectivity index (χ2v) is 5.16. The first kappa shape index (κ1) is 16.9. The number of carboxylic acids is 1. The smallest absolute Gasteiger partial charge is 0.317 e. The van der Waals surface area contributed by atoms with E-state index in [1.54, 1.807) is 4.90 Å². The van der Waals surface area contributed by atoms with Gasteiger partial charge in [-0.25, -0.2) is 9.37 Å². The summed E-state index contributed by atoms with van der Waals surface area (Å²) in [6, 6.07) is 11.3. The molecule has 0 atom stereocenters. The number of hydrogen-bond acceptors (Lipinski definition) is 4. The third kappa shape index (κ3) is 5.34. The van der Waals surface area contributed by atoms with Crippen LogP contribution in [0.25, 0.3) is 0 Å². The Morgan fingerprint density at radius 2 is 2.09 bits per heavy atom. The minimum Gasteiger partial charge on any atom is -0.481 e. The molecule has 2 aromatic rings. The molecule has 0 fully saturated rings. The van der Waals surface area contributed by atoms with Crippen molar-refractivity contribution in [3.05, 3.63) is 59.5 Å². The van der Waals surface area contributed by atoms with Crippen molar-refractivity contribution < 1.29 is 19.0 Å². The number of methoxy groups -OCH3 is 1. The van der Waals surface area contributed by atoms with Crippen molar-refractivity contribution >= 4 is 5.97 Å². The summed E-state index contributed by atoms with van der Waals surface area (Å²) in [5.41, 5.74) is 1.47. The summed E-state index contributed by atoms with van der Waals surface area (Å²) in [5, 5.41) is 9.06. The third-order valence-corrected chi connectivity index (χ3v) is 3.43. The summed E-state index contributed by atoms with van der Waals surface area (Å²) in [6.07, 6.45) is 1.78. The van der Waals surface area contributed by atoms with Crippen LogP contribution in [0.4, 0.5) is 4.39 Å². The fraction of sp³-hybridized carbons (Fsp3) is 0.294. The number of carboxylic acid groups (broad SMARTS) is 1. The Morgan fingerprint density at radius 1 is 1.35 bits per heavy atom. The maximum absolute atomic E-state index is 13.9. The van der Waals surface area contributed by atoms with Crippen molar-refractivity contribution in [1.82, 2.24) is 9.88 Å². The number of rotatable bonds is 8. The van der Waals surface area contributed by atoms with Gasteiger partial charge in [0.25, 0.3) is 0 Å². The van der Waals surface area contributed by atoms with Gasteiger partial charge in [0, 0.05) is 24.7 Å². The van der Waals surface area contributed by atoms with Gasteiger partial charge in [0.1, 0.15) is 5.82 Å². The maximum Gasteiger partial charge on any atom is 0.317 e. The predicted octanol–water partition coefficient (Wildman–Crippen LogP) is 2.36. The molecule has 1 heterocycles. The molecule has 1 N–H and O–H groups in total. The van der Waals surface area contributed by atoms with Crippen molar-refractivity contribution in [3.8, 4) is 5.88 Å². The molecule has 2 rings (SSSR count). The van der Waals surface area contributed by atoms with Gasteiger partial charge in [-0.05, 0) is 12.0 Å². The number of carbonyl (C=O) groups is 1. The minimum absolute atomic E-state index is 0.156. The van der Waals surface area contributed by atoms with Gasteiger partial charge < -0.3 is 9.84 Å². The van der Waals surface area contributed by atoms with Crippen molar-refractivity contribution in [1.29, 1.82) is 0 Å². The first-order chi connectivity index (χ1) is 11.1. The van der Waals surface area contributed by atoms with Gasteiger partial charge in [-0.3, -0.25) is 9.69 Å². The van der Waals surface area contributed by atoms with E-state index in [0.29, 0.717) is 24.4 Å². The van der Waals surface area contributed by atoms with Gasteiger partial charge in [-0.15, -0.1) is 0 Å². The van der Waals surface area contributed by atoms with Crippen molar-refractivity contribution in [3.63, 3.8) is 0 Å². The Balaban J connectivity index is 2.07. The highest BCUT2D eigenvalue weighted by Crippen LogP contribution is 2.15. The zero-order chi connectivity index (χ0) is 16.7. The fourth-order valence-electron chi connectivity index (χ4n) is 2.27. The molecular formula is C17H19FN2O3. The molecule has 23 heavy (non-hydrogen) atoms. The van der Waals surface area contributed by atoms with E-state index >= 15 is 0 Å². The summed E-state index contributed by atoms with van der Waals surface area (Å²) >= 11 is 0. The lowest BCUT2D eigenvalue weighted by Crippen LogP contribution is -2.31. The van der Waals surface area contributed by atoms with Gasteiger partial charge in [-0.2, -0.15) is 0 Å². The Kier molecular flexibility index (Phi) is 6.05. The number of aromatic nitrogens is 1. The number of nitrogens with zero attached hydrogens (tertiary/aromatic N) is 2. The molecule has 0 radical (unpaired) electrons. The van der Waals surface area contributed by atoms with Crippen molar-refractivity contribution in [2.75, 3.05) is 20.2 Å². The Labute approximate surface area is 134 Å². The minimum atomic E-state index is -0.945.